The number of aromatic nitrogens is 3. The number of hydrogen-bond acceptors (Lipinski definition) is 5. The molecule has 0 amide bonds. The molecule has 0 aliphatic carbocycles. The first-order valence-corrected chi connectivity index (χ1v) is 9.88. The van der Waals surface area contributed by atoms with E-state index in [0.29, 0.717) is 23.9 Å². The summed E-state index contributed by atoms with van der Waals surface area (Å²) in [7, 11) is 1.64. The third-order valence-electron chi connectivity index (χ3n) is 4.76. The zero-order chi connectivity index (χ0) is 21.1. The Morgan fingerprint density at radius 1 is 1.10 bits per heavy atom. The van der Waals surface area contributed by atoms with Crippen LogP contribution in [0.4, 0.5) is 0 Å². The van der Waals surface area contributed by atoms with Crippen LogP contribution in [0.3, 0.4) is 0 Å². The van der Waals surface area contributed by atoms with E-state index in [1.54, 1.807) is 32.5 Å². The van der Waals surface area contributed by atoms with E-state index < -0.39 is 0 Å². The number of methoxy groups -OCH3 is 1. The van der Waals surface area contributed by atoms with Crippen LogP contribution in [-0.2, 0) is 11.3 Å². The lowest BCUT2D eigenvalue weighted by atomic mass is 10.1. The number of carbonyl (C=O) groups is 1. The molecule has 0 fully saturated rings. The van der Waals surface area contributed by atoms with Crippen molar-refractivity contribution in [1.29, 1.82) is 0 Å². The van der Waals surface area contributed by atoms with E-state index in [9.17, 15) is 4.79 Å². The molecule has 4 rings (SSSR count). The number of halogens is 1. The number of esters is 1. The van der Waals surface area contributed by atoms with Gasteiger partial charge >= 0.3 is 5.97 Å². The Kier molecular flexibility index (Phi) is 5.68. The lowest BCUT2D eigenvalue weighted by Gasteiger charge is -2.12. The van der Waals surface area contributed by atoms with E-state index in [4.69, 9.17) is 26.1 Å². The third-order valence-corrected chi connectivity index (χ3v) is 5.06. The minimum atomic E-state index is -0.339. The van der Waals surface area contributed by atoms with Crippen molar-refractivity contribution in [3.05, 3.63) is 77.2 Å². The van der Waals surface area contributed by atoms with Crippen LogP contribution < -0.4 is 4.74 Å². The standard InChI is InChI=1S/C23H20ClN3O3/c1-3-30-23(28)17-8-6-16(7-9-17)20-12-19-21(24)25-14-27(22(19)26-20)13-15-4-10-18(29-2)11-5-15/h4-12,14H,3,13H2,1-2H3. The first-order chi connectivity index (χ1) is 14.6. The van der Waals surface area contributed by atoms with Crippen LogP contribution in [0.25, 0.3) is 22.6 Å². The van der Waals surface area contributed by atoms with Gasteiger partial charge in [-0.1, -0.05) is 35.9 Å². The molecule has 0 spiro atoms. The molecule has 0 atom stereocenters. The lowest BCUT2D eigenvalue weighted by Crippen LogP contribution is -2.06. The number of ether oxygens (including phenoxy) is 2. The summed E-state index contributed by atoms with van der Waals surface area (Å²) >= 11 is 6.33. The average Bonchev–Trinajstić information content (AvgIpc) is 3.23. The van der Waals surface area contributed by atoms with E-state index in [0.717, 1.165) is 34.0 Å². The highest BCUT2D eigenvalue weighted by Gasteiger charge is 2.18. The van der Waals surface area contributed by atoms with Crippen LogP contribution in [-0.4, -0.2) is 34.2 Å². The van der Waals surface area contributed by atoms with Crippen molar-refractivity contribution in [3.8, 4) is 28.4 Å². The molecule has 2 aromatic rings. The molecule has 7 heteroatoms. The molecule has 0 N–H and O–H groups in total. The molecule has 2 aliphatic heterocycles. The zero-order valence-corrected chi connectivity index (χ0v) is 17.4. The Bertz CT molecular complexity index is 1140. The van der Waals surface area contributed by atoms with Crippen molar-refractivity contribution < 1.29 is 14.3 Å². The molecule has 0 radical (unpaired) electrons. The molecule has 0 saturated heterocycles. The van der Waals surface area contributed by atoms with Crippen LogP contribution >= 0.6 is 11.6 Å². The van der Waals surface area contributed by atoms with Crippen molar-refractivity contribution in [1.82, 2.24) is 14.5 Å². The van der Waals surface area contributed by atoms with E-state index in [1.807, 2.05) is 47.0 Å². The second-order valence-electron chi connectivity index (χ2n) is 6.69. The van der Waals surface area contributed by atoms with Crippen molar-refractivity contribution in [2.45, 2.75) is 13.5 Å². The molecule has 0 aromatic heterocycles. The highest BCUT2D eigenvalue weighted by molar-refractivity contribution is 6.32. The molecule has 152 valence electrons. The highest BCUT2D eigenvalue weighted by Crippen LogP contribution is 2.33. The summed E-state index contributed by atoms with van der Waals surface area (Å²) < 4.78 is 12.2. The van der Waals surface area contributed by atoms with Gasteiger partial charge in [-0.05, 0) is 42.8 Å². The quantitative estimate of drug-likeness (QED) is 0.326. The summed E-state index contributed by atoms with van der Waals surface area (Å²) in [6.45, 7) is 2.73. The van der Waals surface area contributed by atoms with Crippen molar-refractivity contribution in [2.75, 3.05) is 13.7 Å². The molecule has 2 aliphatic rings. The summed E-state index contributed by atoms with van der Waals surface area (Å²) in [5.74, 6) is 1.22. The fourth-order valence-corrected chi connectivity index (χ4v) is 3.39. The first kappa shape index (κ1) is 19.9. The molecular weight excluding hydrogens is 402 g/mol. The van der Waals surface area contributed by atoms with Gasteiger partial charge in [0.1, 0.15) is 16.7 Å². The molecule has 0 unspecified atom stereocenters. The fourth-order valence-electron chi connectivity index (χ4n) is 3.21. The largest absolute Gasteiger partial charge is 0.497 e. The van der Waals surface area contributed by atoms with Gasteiger partial charge in [-0.15, -0.1) is 0 Å². The summed E-state index contributed by atoms with van der Waals surface area (Å²) in [6.07, 6.45) is 1.69. The summed E-state index contributed by atoms with van der Waals surface area (Å²) in [5, 5.41) is 0.401. The Morgan fingerprint density at radius 2 is 1.83 bits per heavy atom. The molecule has 30 heavy (non-hydrogen) atoms. The van der Waals surface area contributed by atoms with Gasteiger partial charge in [0.2, 0.25) is 0 Å². The molecular formula is C23H20ClN3O3. The number of rotatable bonds is 6. The average molecular weight is 422 g/mol. The third kappa shape index (κ3) is 4.00. The van der Waals surface area contributed by atoms with Gasteiger partial charge < -0.3 is 14.0 Å². The lowest BCUT2D eigenvalue weighted by molar-refractivity contribution is 0.0526. The second kappa shape index (κ2) is 8.55. The normalized spacial score (nSPS) is 10.9. The van der Waals surface area contributed by atoms with E-state index in [-0.39, 0.29) is 5.97 Å². The van der Waals surface area contributed by atoms with E-state index in [2.05, 4.69) is 4.98 Å². The maximum Gasteiger partial charge on any atom is 0.338 e. The van der Waals surface area contributed by atoms with Crippen LogP contribution in [0.2, 0.25) is 5.15 Å². The monoisotopic (exact) mass is 421 g/mol. The maximum atomic E-state index is 11.9. The Hall–Kier alpha value is -3.38. The molecule has 0 saturated carbocycles. The number of nitrogens with zero attached hydrogens (tertiary/aromatic N) is 3. The van der Waals surface area contributed by atoms with Gasteiger partial charge in [0.05, 0.1) is 43.4 Å². The van der Waals surface area contributed by atoms with Crippen LogP contribution in [0.5, 0.6) is 5.75 Å². The number of carbonyl (C=O) groups excluding carboxylic acids is 1. The fraction of sp³-hybridized carbons (Fsp3) is 0.174. The first-order valence-electron chi connectivity index (χ1n) is 9.51. The minimum Gasteiger partial charge on any atom is -0.497 e. The maximum absolute atomic E-state index is 11.9. The predicted octanol–water partition coefficient (Wildman–Crippen LogP) is 4.94. The molecule has 2 heterocycles. The van der Waals surface area contributed by atoms with E-state index >= 15 is 0 Å². The summed E-state index contributed by atoms with van der Waals surface area (Å²) in [4.78, 5) is 20.9. The Morgan fingerprint density at radius 3 is 2.50 bits per heavy atom. The van der Waals surface area contributed by atoms with E-state index in [1.165, 1.54) is 0 Å². The number of benzene rings is 2. The Balaban J connectivity index is 1.66. The molecule has 2 aromatic carbocycles. The Labute approximate surface area is 179 Å². The number of hydrogen-bond donors (Lipinski definition) is 0. The predicted molar refractivity (Wildman–Crippen MR) is 115 cm³/mol. The van der Waals surface area contributed by atoms with Crippen LogP contribution in [0.1, 0.15) is 22.8 Å². The van der Waals surface area contributed by atoms with Gasteiger partial charge in [0.25, 0.3) is 0 Å². The van der Waals surface area contributed by atoms with Crippen LogP contribution in [0, 0.1) is 0 Å². The van der Waals surface area contributed by atoms with Gasteiger partial charge in [-0.2, -0.15) is 0 Å². The van der Waals surface area contributed by atoms with Gasteiger partial charge in [-0.25, -0.2) is 14.8 Å². The van der Waals surface area contributed by atoms with Crippen molar-refractivity contribution >= 4 is 17.6 Å². The summed E-state index contributed by atoms with van der Waals surface area (Å²) in [6, 6.07) is 16.9. The second-order valence-corrected chi connectivity index (χ2v) is 7.05. The molecule has 0 bridgehead atoms. The number of fused-ring (bicyclic) bond motifs is 1. The van der Waals surface area contributed by atoms with Gasteiger partial charge in [0.15, 0.2) is 0 Å². The summed E-state index contributed by atoms with van der Waals surface area (Å²) in [5.41, 5.74) is 4.02. The minimum absolute atomic E-state index is 0.339. The molecule has 6 nitrogen and oxygen atoms in total. The SMILES string of the molecule is CCOC(=O)c1ccc(-c2cc3c(Cl)ncn(Cc4ccc(OC)cc4)c-3n2)cc1. The van der Waals surface area contributed by atoms with Crippen LogP contribution in [0.15, 0.2) is 60.9 Å². The van der Waals surface area contributed by atoms with Crippen molar-refractivity contribution in [3.63, 3.8) is 0 Å². The van der Waals surface area contributed by atoms with Crippen molar-refractivity contribution in [2.24, 2.45) is 0 Å². The topological polar surface area (TPSA) is 66.2 Å². The highest BCUT2D eigenvalue weighted by atomic mass is 35.5. The van der Waals surface area contributed by atoms with Gasteiger partial charge in [-0.3, -0.25) is 0 Å². The van der Waals surface area contributed by atoms with Gasteiger partial charge in [0, 0.05) is 5.56 Å². The smallest absolute Gasteiger partial charge is 0.338 e. The zero-order valence-electron chi connectivity index (χ0n) is 16.6.